The molecule has 8 nitrogen and oxygen atoms in total. The molecule has 1 saturated heterocycles. The Labute approximate surface area is 155 Å². The fourth-order valence-corrected chi connectivity index (χ4v) is 5.09. The Morgan fingerprint density at radius 1 is 1.35 bits per heavy atom. The minimum atomic E-state index is -3.02. The van der Waals surface area contributed by atoms with Gasteiger partial charge in [0.2, 0.25) is 11.8 Å². The van der Waals surface area contributed by atoms with E-state index in [4.69, 9.17) is 9.15 Å². The summed E-state index contributed by atoms with van der Waals surface area (Å²) >= 11 is 1.13. The summed E-state index contributed by atoms with van der Waals surface area (Å²) in [5, 5.41) is 8.20. The van der Waals surface area contributed by atoms with Crippen molar-refractivity contribution in [2.75, 3.05) is 31.4 Å². The van der Waals surface area contributed by atoms with Crippen molar-refractivity contribution >= 4 is 27.5 Å². The van der Waals surface area contributed by atoms with Crippen LogP contribution < -0.4 is 4.74 Å². The third-order valence-electron chi connectivity index (χ3n) is 4.21. The van der Waals surface area contributed by atoms with E-state index < -0.39 is 9.84 Å². The van der Waals surface area contributed by atoms with Crippen molar-refractivity contribution in [3.05, 3.63) is 24.3 Å². The second-order valence-corrected chi connectivity index (χ2v) is 9.11. The first-order chi connectivity index (χ1) is 12.4. The molecule has 1 aliphatic rings. The molecule has 0 saturated carbocycles. The summed E-state index contributed by atoms with van der Waals surface area (Å²) in [6.07, 6.45) is 0.484. The summed E-state index contributed by atoms with van der Waals surface area (Å²) < 4.78 is 33.7. The van der Waals surface area contributed by atoms with Crippen molar-refractivity contribution in [1.82, 2.24) is 15.1 Å². The topological polar surface area (TPSA) is 103 Å². The van der Waals surface area contributed by atoms with Gasteiger partial charge in [-0.05, 0) is 30.7 Å². The van der Waals surface area contributed by atoms with Gasteiger partial charge in [-0.15, -0.1) is 10.2 Å². The molecule has 2 heterocycles. The van der Waals surface area contributed by atoms with E-state index in [1.165, 1.54) is 4.90 Å². The molecule has 0 unspecified atom stereocenters. The van der Waals surface area contributed by atoms with Crippen LogP contribution in [0.5, 0.6) is 5.75 Å². The van der Waals surface area contributed by atoms with Crippen molar-refractivity contribution < 1.29 is 22.4 Å². The van der Waals surface area contributed by atoms with Crippen LogP contribution in [0.15, 0.2) is 33.9 Å². The molecular formula is C16H19N3O5S2. The molecule has 26 heavy (non-hydrogen) atoms. The Hall–Kier alpha value is -2.07. The number of hydrogen-bond donors (Lipinski definition) is 0. The van der Waals surface area contributed by atoms with E-state index in [0.29, 0.717) is 12.3 Å². The van der Waals surface area contributed by atoms with Crippen LogP contribution in [-0.2, 0) is 14.6 Å². The Kier molecular flexibility index (Phi) is 5.52. The van der Waals surface area contributed by atoms with Gasteiger partial charge in [-0.1, -0.05) is 11.8 Å². The normalized spacial score (nSPS) is 18.6. The van der Waals surface area contributed by atoms with Crippen LogP contribution >= 0.6 is 11.8 Å². The maximum atomic E-state index is 12.3. The monoisotopic (exact) mass is 397 g/mol. The zero-order chi connectivity index (χ0) is 18.7. The molecule has 140 valence electrons. The molecule has 1 amide bonds. The summed E-state index contributed by atoms with van der Waals surface area (Å²) in [4.78, 5) is 13.8. The highest BCUT2D eigenvalue weighted by Gasteiger charge is 2.32. The first kappa shape index (κ1) is 18.7. The standard InChI is InChI=1S/C16H19N3O5S2/c1-19(12-7-8-26(21,22)10-12)14(20)9-25-16-18-17-15(24-16)11-3-5-13(23-2)6-4-11/h3-6,12H,7-10H2,1-2H3/t12-/m1/s1. The number of amides is 1. The average Bonchev–Trinajstić information content (AvgIpc) is 3.25. The van der Waals surface area contributed by atoms with Crippen LogP contribution in [0.4, 0.5) is 0 Å². The van der Waals surface area contributed by atoms with Crippen molar-refractivity contribution in [3.8, 4) is 17.2 Å². The first-order valence-corrected chi connectivity index (χ1v) is 10.8. The van der Waals surface area contributed by atoms with Gasteiger partial charge in [0.25, 0.3) is 5.22 Å². The Balaban J connectivity index is 1.56. The van der Waals surface area contributed by atoms with E-state index in [-0.39, 0.29) is 34.4 Å². The number of sulfone groups is 1. The number of hydrogen-bond acceptors (Lipinski definition) is 8. The van der Waals surface area contributed by atoms with Gasteiger partial charge in [-0.25, -0.2) is 8.42 Å². The van der Waals surface area contributed by atoms with Crippen molar-refractivity contribution in [2.45, 2.75) is 17.7 Å². The van der Waals surface area contributed by atoms with Crippen LogP contribution in [0.2, 0.25) is 0 Å². The number of aromatic nitrogens is 2. The molecule has 1 fully saturated rings. The highest BCUT2D eigenvalue weighted by molar-refractivity contribution is 7.99. The number of ether oxygens (including phenoxy) is 1. The lowest BCUT2D eigenvalue weighted by Gasteiger charge is -2.22. The predicted molar refractivity (Wildman–Crippen MR) is 96.8 cm³/mol. The zero-order valence-electron chi connectivity index (χ0n) is 14.4. The van der Waals surface area contributed by atoms with Gasteiger partial charge >= 0.3 is 0 Å². The second-order valence-electron chi connectivity index (χ2n) is 5.95. The molecule has 1 aliphatic heterocycles. The van der Waals surface area contributed by atoms with E-state index in [0.717, 1.165) is 23.1 Å². The average molecular weight is 397 g/mol. The molecule has 1 aromatic carbocycles. The fraction of sp³-hybridized carbons (Fsp3) is 0.438. The number of benzene rings is 1. The van der Waals surface area contributed by atoms with Gasteiger partial charge in [0, 0.05) is 18.7 Å². The largest absolute Gasteiger partial charge is 0.497 e. The first-order valence-electron chi connectivity index (χ1n) is 7.95. The number of carbonyl (C=O) groups excluding carboxylic acids is 1. The van der Waals surface area contributed by atoms with E-state index >= 15 is 0 Å². The quantitative estimate of drug-likeness (QED) is 0.676. The minimum absolute atomic E-state index is 0.0298. The lowest BCUT2D eigenvalue weighted by Crippen LogP contribution is -2.38. The Bertz CT molecular complexity index is 880. The van der Waals surface area contributed by atoms with Crippen molar-refractivity contribution in [2.24, 2.45) is 0 Å². The lowest BCUT2D eigenvalue weighted by molar-refractivity contribution is -0.128. The summed E-state index contributed by atoms with van der Waals surface area (Å²) in [5.41, 5.74) is 0.754. The lowest BCUT2D eigenvalue weighted by atomic mass is 10.2. The van der Waals surface area contributed by atoms with Crippen LogP contribution in [0, 0.1) is 0 Å². The molecule has 2 aromatic rings. The number of methoxy groups -OCH3 is 1. The van der Waals surface area contributed by atoms with E-state index in [9.17, 15) is 13.2 Å². The Morgan fingerprint density at radius 2 is 2.08 bits per heavy atom. The summed E-state index contributed by atoms with van der Waals surface area (Å²) in [6.45, 7) is 0. The van der Waals surface area contributed by atoms with Crippen LogP contribution in [0.25, 0.3) is 11.5 Å². The highest BCUT2D eigenvalue weighted by Crippen LogP contribution is 2.25. The number of rotatable bonds is 6. The van der Waals surface area contributed by atoms with Crippen LogP contribution in [0.3, 0.4) is 0 Å². The highest BCUT2D eigenvalue weighted by atomic mass is 32.2. The second kappa shape index (κ2) is 7.67. The summed E-state index contributed by atoms with van der Waals surface area (Å²) in [5.74, 6) is 1.20. The predicted octanol–water partition coefficient (Wildman–Crippen LogP) is 1.48. The third kappa shape index (κ3) is 4.36. The van der Waals surface area contributed by atoms with Gasteiger partial charge in [0.05, 0.1) is 24.4 Å². The fourth-order valence-electron chi connectivity index (χ4n) is 2.63. The third-order valence-corrected chi connectivity index (χ3v) is 6.77. The van der Waals surface area contributed by atoms with Gasteiger partial charge in [-0.2, -0.15) is 0 Å². The molecule has 0 radical (unpaired) electrons. The number of nitrogens with zero attached hydrogens (tertiary/aromatic N) is 3. The smallest absolute Gasteiger partial charge is 0.277 e. The zero-order valence-corrected chi connectivity index (χ0v) is 16.0. The summed E-state index contributed by atoms with van der Waals surface area (Å²) in [6, 6.07) is 6.94. The minimum Gasteiger partial charge on any atom is -0.497 e. The van der Waals surface area contributed by atoms with Crippen molar-refractivity contribution in [3.63, 3.8) is 0 Å². The van der Waals surface area contributed by atoms with Gasteiger partial charge in [0.15, 0.2) is 9.84 Å². The molecule has 10 heteroatoms. The van der Waals surface area contributed by atoms with Gasteiger partial charge < -0.3 is 14.1 Å². The Morgan fingerprint density at radius 3 is 2.69 bits per heavy atom. The molecule has 0 N–H and O–H groups in total. The maximum Gasteiger partial charge on any atom is 0.277 e. The molecule has 1 atom stereocenters. The van der Waals surface area contributed by atoms with Crippen LogP contribution in [0.1, 0.15) is 6.42 Å². The van der Waals surface area contributed by atoms with Crippen molar-refractivity contribution in [1.29, 1.82) is 0 Å². The molecular weight excluding hydrogens is 378 g/mol. The number of carbonyl (C=O) groups is 1. The number of thioether (sulfide) groups is 1. The maximum absolute atomic E-state index is 12.3. The van der Waals surface area contributed by atoms with E-state index in [2.05, 4.69) is 10.2 Å². The summed E-state index contributed by atoms with van der Waals surface area (Å²) in [7, 11) is 0.195. The van der Waals surface area contributed by atoms with E-state index in [1.54, 1.807) is 38.4 Å². The molecule has 1 aromatic heterocycles. The van der Waals surface area contributed by atoms with Gasteiger partial charge in [-0.3, -0.25) is 4.79 Å². The molecule has 3 rings (SSSR count). The van der Waals surface area contributed by atoms with Crippen LogP contribution in [-0.4, -0.2) is 66.9 Å². The molecule has 0 aliphatic carbocycles. The molecule has 0 spiro atoms. The van der Waals surface area contributed by atoms with E-state index in [1.807, 2.05) is 0 Å². The SMILES string of the molecule is COc1ccc(-c2nnc(SCC(=O)N(C)[C@@H]3CCS(=O)(=O)C3)o2)cc1. The molecule has 0 bridgehead atoms. The van der Waals surface area contributed by atoms with Gasteiger partial charge in [0.1, 0.15) is 5.75 Å².